The topological polar surface area (TPSA) is 58.6 Å². The first-order valence-electron chi connectivity index (χ1n) is 11.2. The fourth-order valence-corrected chi connectivity index (χ4v) is 5.05. The average Bonchev–Trinajstić information content (AvgIpc) is 3.30. The second-order valence-electron chi connectivity index (χ2n) is 8.89. The van der Waals surface area contributed by atoms with Gasteiger partial charge in [0.25, 0.3) is 0 Å². The van der Waals surface area contributed by atoms with Crippen LogP contribution in [0.4, 0.5) is 21.9 Å². The zero-order chi connectivity index (χ0) is 22.8. The zero-order valence-corrected chi connectivity index (χ0v) is 18.4. The molecule has 2 amide bonds. The second kappa shape index (κ2) is 8.58. The minimum atomic E-state index is -0.487. The number of fused-ring (bicyclic) bond motifs is 1. The van der Waals surface area contributed by atoms with Crippen LogP contribution in [0.25, 0.3) is 0 Å². The molecule has 33 heavy (non-hydrogen) atoms. The maximum absolute atomic E-state index is 13.2. The van der Waals surface area contributed by atoms with Gasteiger partial charge in [-0.15, -0.1) is 0 Å². The van der Waals surface area contributed by atoms with Crippen LogP contribution in [0.2, 0.25) is 0 Å². The van der Waals surface area contributed by atoms with Crippen molar-refractivity contribution in [3.8, 4) is 0 Å². The third-order valence-corrected chi connectivity index (χ3v) is 6.66. The number of urea groups is 1. The van der Waals surface area contributed by atoms with Gasteiger partial charge in [0.05, 0.1) is 23.4 Å². The summed E-state index contributed by atoms with van der Waals surface area (Å²) < 4.78 is 5.39. The van der Waals surface area contributed by atoms with E-state index in [1.165, 1.54) is 0 Å². The summed E-state index contributed by atoms with van der Waals surface area (Å²) >= 11 is 0. The Morgan fingerprint density at radius 3 is 2.18 bits per heavy atom. The highest BCUT2D eigenvalue weighted by Crippen LogP contribution is 2.52. The van der Waals surface area contributed by atoms with Crippen LogP contribution in [0.3, 0.4) is 0 Å². The Kier molecular flexibility index (Phi) is 5.47. The van der Waals surface area contributed by atoms with E-state index >= 15 is 0 Å². The number of cyclic esters (lactones) is 1. The Bertz CT molecular complexity index is 1140. The number of esters is 1. The highest BCUT2D eigenvalue weighted by atomic mass is 16.5. The summed E-state index contributed by atoms with van der Waals surface area (Å²) in [5, 5.41) is 3.00. The number of para-hydroxylation sites is 2. The number of hydrogen-bond acceptors (Lipinski definition) is 3. The van der Waals surface area contributed by atoms with Crippen LogP contribution in [0.5, 0.6) is 0 Å². The Morgan fingerprint density at radius 1 is 0.970 bits per heavy atom. The Morgan fingerprint density at radius 2 is 1.58 bits per heavy atom. The molecule has 0 spiro atoms. The van der Waals surface area contributed by atoms with Crippen LogP contribution in [-0.2, 0) is 16.0 Å². The molecule has 1 N–H and O–H groups in total. The van der Waals surface area contributed by atoms with E-state index < -0.39 is 5.41 Å². The van der Waals surface area contributed by atoms with Crippen molar-refractivity contribution in [3.63, 3.8) is 0 Å². The molecule has 1 saturated carbocycles. The summed E-state index contributed by atoms with van der Waals surface area (Å²) in [6.45, 7) is 4.60. The van der Waals surface area contributed by atoms with Gasteiger partial charge in [0.1, 0.15) is 0 Å². The molecular weight excluding hydrogens is 412 g/mol. The number of ether oxygens (including phenoxy) is 1. The van der Waals surface area contributed by atoms with Crippen molar-refractivity contribution in [3.05, 3.63) is 103 Å². The van der Waals surface area contributed by atoms with Gasteiger partial charge < -0.3 is 10.1 Å². The quantitative estimate of drug-likeness (QED) is 0.386. The van der Waals surface area contributed by atoms with Crippen LogP contribution in [-0.4, -0.2) is 18.6 Å². The van der Waals surface area contributed by atoms with Gasteiger partial charge in [-0.3, -0.25) is 9.69 Å². The molecule has 2 atom stereocenters. The number of benzene rings is 3. The Hall–Kier alpha value is -3.86. The van der Waals surface area contributed by atoms with Crippen molar-refractivity contribution in [2.45, 2.75) is 19.3 Å². The molecule has 3 aromatic carbocycles. The van der Waals surface area contributed by atoms with Crippen molar-refractivity contribution in [1.82, 2.24) is 0 Å². The molecule has 2 unspecified atom stereocenters. The van der Waals surface area contributed by atoms with Crippen LogP contribution in [0.1, 0.15) is 18.4 Å². The zero-order valence-electron chi connectivity index (χ0n) is 18.4. The predicted octanol–water partition coefficient (Wildman–Crippen LogP) is 6.11. The van der Waals surface area contributed by atoms with Gasteiger partial charge in [-0.05, 0) is 61.2 Å². The monoisotopic (exact) mass is 438 g/mol. The number of rotatable bonds is 5. The molecule has 1 saturated heterocycles. The summed E-state index contributed by atoms with van der Waals surface area (Å²) in [5.41, 5.74) is 3.95. The Balaban J connectivity index is 1.34. The minimum absolute atomic E-state index is 0.107. The van der Waals surface area contributed by atoms with Crippen LogP contribution >= 0.6 is 0 Å². The van der Waals surface area contributed by atoms with E-state index in [1.54, 1.807) is 4.90 Å². The van der Waals surface area contributed by atoms with E-state index in [9.17, 15) is 9.59 Å². The summed E-state index contributed by atoms with van der Waals surface area (Å²) in [5.74, 6) is 0.104. The molecule has 5 nitrogen and oxygen atoms in total. The van der Waals surface area contributed by atoms with Gasteiger partial charge in [0.15, 0.2) is 0 Å². The molecular formula is C28H26N2O3. The molecule has 1 heterocycles. The van der Waals surface area contributed by atoms with Gasteiger partial charge in [-0.1, -0.05) is 60.7 Å². The lowest BCUT2D eigenvalue weighted by Gasteiger charge is -2.25. The lowest BCUT2D eigenvalue weighted by molar-refractivity contribution is -0.146. The summed E-state index contributed by atoms with van der Waals surface area (Å²) in [7, 11) is 0. The van der Waals surface area contributed by atoms with Crippen molar-refractivity contribution in [1.29, 1.82) is 0 Å². The first kappa shape index (κ1) is 21.0. The normalized spacial score (nSPS) is 21.4. The number of hydrogen-bond donors (Lipinski definition) is 1. The number of carbonyl (C=O) groups is 2. The van der Waals surface area contributed by atoms with Crippen LogP contribution in [0.15, 0.2) is 97.1 Å². The fraction of sp³-hybridized carbons (Fsp3) is 0.214. The van der Waals surface area contributed by atoms with E-state index in [-0.39, 0.29) is 17.9 Å². The van der Waals surface area contributed by atoms with Crippen LogP contribution < -0.4 is 10.2 Å². The molecule has 1 aliphatic heterocycles. The fourth-order valence-electron chi connectivity index (χ4n) is 5.05. The number of nitrogens with zero attached hydrogens (tertiary/aromatic N) is 1. The summed E-state index contributed by atoms with van der Waals surface area (Å²) in [6.07, 6.45) is 2.18. The van der Waals surface area contributed by atoms with E-state index in [0.717, 1.165) is 28.9 Å². The van der Waals surface area contributed by atoms with Crippen molar-refractivity contribution >= 4 is 29.1 Å². The highest BCUT2D eigenvalue weighted by Gasteiger charge is 2.55. The largest absolute Gasteiger partial charge is 0.465 e. The summed E-state index contributed by atoms with van der Waals surface area (Å²) in [4.78, 5) is 27.5. The third-order valence-electron chi connectivity index (χ3n) is 6.66. The molecule has 3 aromatic rings. The molecule has 0 radical (unpaired) electrons. The highest BCUT2D eigenvalue weighted by molar-refractivity contribution is 6.07. The number of amides is 2. The van der Waals surface area contributed by atoms with Gasteiger partial charge in [-0.2, -0.15) is 0 Å². The summed E-state index contributed by atoms with van der Waals surface area (Å²) in [6, 6.07) is 26.6. The standard InChI is InChI=1S/C28H26N2O3/c1-20-16-22-19-33-26(31)28(22,17-20)18-21-12-14-23(15-13-21)29-27(32)30(24-8-4-2-5-9-24)25-10-6-3-7-11-25/h2-15,22H,1,16-19H2,(H,29,32). The second-order valence-corrected chi connectivity index (χ2v) is 8.89. The number of carbonyl (C=O) groups excluding carboxylic acids is 2. The van der Waals surface area contributed by atoms with E-state index in [2.05, 4.69) is 11.9 Å². The molecule has 0 bridgehead atoms. The average molecular weight is 439 g/mol. The van der Waals surface area contributed by atoms with Crippen LogP contribution in [0, 0.1) is 11.3 Å². The van der Waals surface area contributed by atoms with E-state index in [4.69, 9.17) is 4.74 Å². The van der Waals surface area contributed by atoms with Crippen molar-refractivity contribution in [2.24, 2.45) is 11.3 Å². The molecule has 1 aliphatic carbocycles. The first-order valence-corrected chi connectivity index (χ1v) is 11.2. The van der Waals surface area contributed by atoms with Crippen molar-refractivity contribution < 1.29 is 14.3 Å². The SMILES string of the molecule is C=C1CC2COC(=O)C2(Cc2ccc(NC(=O)N(c3ccccc3)c3ccccc3)cc2)C1. The third kappa shape index (κ3) is 4.02. The van der Waals surface area contributed by atoms with Gasteiger partial charge in [0.2, 0.25) is 0 Å². The number of nitrogens with one attached hydrogen (secondary N) is 1. The molecule has 166 valence electrons. The Labute approximate surface area is 193 Å². The number of anilines is 3. The van der Waals surface area contributed by atoms with Crippen molar-refractivity contribution in [2.75, 3.05) is 16.8 Å². The number of allylic oxidation sites excluding steroid dienone is 1. The molecule has 0 aromatic heterocycles. The molecule has 5 heteroatoms. The first-order chi connectivity index (χ1) is 16.0. The van der Waals surface area contributed by atoms with E-state index in [1.807, 2.05) is 84.9 Å². The lowest BCUT2D eigenvalue weighted by atomic mass is 9.75. The maximum atomic E-state index is 13.2. The molecule has 2 aliphatic rings. The minimum Gasteiger partial charge on any atom is -0.465 e. The van der Waals surface area contributed by atoms with E-state index in [0.29, 0.717) is 25.1 Å². The van der Waals surface area contributed by atoms with Gasteiger partial charge >= 0.3 is 12.0 Å². The van der Waals surface area contributed by atoms with Gasteiger partial charge in [-0.25, -0.2) is 4.79 Å². The molecule has 2 fully saturated rings. The maximum Gasteiger partial charge on any atom is 0.330 e. The lowest BCUT2D eigenvalue weighted by Crippen LogP contribution is -2.31. The predicted molar refractivity (Wildman–Crippen MR) is 129 cm³/mol. The van der Waals surface area contributed by atoms with Gasteiger partial charge in [0, 0.05) is 11.6 Å². The smallest absolute Gasteiger partial charge is 0.330 e. The molecule has 5 rings (SSSR count).